The molecule has 3 heteroatoms. The van der Waals surface area contributed by atoms with E-state index in [0.717, 1.165) is 25.7 Å². The standard InChI is InChI=1S/C10H16O3/c1-7-6-10(9(11)12-2)5-3-4-8(10)13-7/h7-8H,3-6H2,1-2H3. The minimum absolute atomic E-state index is 0.0700. The van der Waals surface area contributed by atoms with Crippen LogP contribution in [0, 0.1) is 5.41 Å². The van der Waals surface area contributed by atoms with Gasteiger partial charge in [-0.05, 0) is 32.6 Å². The molecule has 0 aromatic rings. The molecule has 0 aromatic carbocycles. The summed E-state index contributed by atoms with van der Waals surface area (Å²) in [5.74, 6) is -0.0700. The van der Waals surface area contributed by atoms with Gasteiger partial charge >= 0.3 is 5.97 Å². The zero-order valence-corrected chi connectivity index (χ0v) is 8.21. The lowest BCUT2D eigenvalue weighted by molar-refractivity contribution is -0.154. The van der Waals surface area contributed by atoms with Crippen LogP contribution in [0.4, 0.5) is 0 Å². The van der Waals surface area contributed by atoms with Crippen molar-refractivity contribution in [3.05, 3.63) is 0 Å². The third kappa shape index (κ3) is 1.17. The number of ether oxygens (including phenoxy) is 2. The number of carbonyl (C=O) groups is 1. The maximum absolute atomic E-state index is 11.7. The molecule has 74 valence electrons. The Hall–Kier alpha value is -0.570. The molecule has 3 unspecified atom stereocenters. The molecule has 1 saturated carbocycles. The summed E-state index contributed by atoms with van der Waals surface area (Å²) in [5, 5.41) is 0. The fraction of sp³-hybridized carbons (Fsp3) is 0.900. The van der Waals surface area contributed by atoms with E-state index in [4.69, 9.17) is 9.47 Å². The van der Waals surface area contributed by atoms with E-state index < -0.39 is 0 Å². The molecule has 2 rings (SSSR count). The first-order valence-corrected chi connectivity index (χ1v) is 4.93. The lowest BCUT2D eigenvalue weighted by Crippen LogP contribution is -2.35. The molecule has 0 spiro atoms. The molecule has 1 aliphatic heterocycles. The van der Waals surface area contributed by atoms with E-state index in [-0.39, 0.29) is 23.6 Å². The third-order valence-electron chi connectivity index (χ3n) is 3.35. The van der Waals surface area contributed by atoms with E-state index in [1.165, 1.54) is 7.11 Å². The molecule has 0 N–H and O–H groups in total. The summed E-state index contributed by atoms with van der Waals surface area (Å²) in [5.41, 5.74) is -0.297. The first-order chi connectivity index (χ1) is 6.19. The van der Waals surface area contributed by atoms with E-state index in [1.54, 1.807) is 0 Å². The SMILES string of the molecule is COC(=O)C12CCCC1OC(C)C2. The van der Waals surface area contributed by atoms with Gasteiger partial charge in [-0.3, -0.25) is 4.79 Å². The van der Waals surface area contributed by atoms with Crippen molar-refractivity contribution in [2.45, 2.75) is 44.8 Å². The van der Waals surface area contributed by atoms with Gasteiger partial charge in [-0.15, -0.1) is 0 Å². The van der Waals surface area contributed by atoms with Crippen molar-refractivity contribution in [3.63, 3.8) is 0 Å². The van der Waals surface area contributed by atoms with Gasteiger partial charge in [-0.1, -0.05) is 0 Å². The number of methoxy groups -OCH3 is 1. The van der Waals surface area contributed by atoms with Crippen molar-refractivity contribution in [1.29, 1.82) is 0 Å². The number of rotatable bonds is 1. The summed E-state index contributed by atoms with van der Waals surface area (Å²) in [4.78, 5) is 11.7. The second-order valence-corrected chi connectivity index (χ2v) is 4.18. The van der Waals surface area contributed by atoms with E-state index >= 15 is 0 Å². The molecule has 0 aromatic heterocycles. The van der Waals surface area contributed by atoms with Gasteiger partial charge in [0.2, 0.25) is 0 Å². The summed E-state index contributed by atoms with van der Waals surface area (Å²) in [6, 6.07) is 0. The highest BCUT2D eigenvalue weighted by atomic mass is 16.5. The van der Waals surface area contributed by atoms with Crippen LogP contribution in [0.3, 0.4) is 0 Å². The molecular formula is C10H16O3. The van der Waals surface area contributed by atoms with Crippen LogP contribution in [0.5, 0.6) is 0 Å². The van der Waals surface area contributed by atoms with Crippen LogP contribution in [0.25, 0.3) is 0 Å². The summed E-state index contributed by atoms with van der Waals surface area (Å²) >= 11 is 0. The molecular weight excluding hydrogens is 168 g/mol. The predicted molar refractivity (Wildman–Crippen MR) is 47.3 cm³/mol. The Balaban J connectivity index is 2.23. The van der Waals surface area contributed by atoms with Gasteiger partial charge in [-0.25, -0.2) is 0 Å². The van der Waals surface area contributed by atoms with Crippen LogP contribution >= 0.6 is 0 Å². The first kappa shape index (κ1) is 9.00. The highest BCUT2D eigenvalue weighted by Gasteiger charge is 2.56. The fourth-order valence-corrected chi connectivity index (χ4v) is 2.83. The van der Waals surface area contributed by atoms with E-state index in [0.29, 0.717) is 0 Å². The summed E-state index contributed by atoms with van der Waals surface area (Å²) in [6.45, 7) is 2.03. The van der Waals surface area contributed by atoms with Crippen molar-refractivity contribution in [2.24, 2.45) is 5.41 Å². The summed E-state index contributed by atoms with van der Waals surface area (Å²) in [7, 11) is 1.47. The van der Waals surface area contributed by atoms with Crippen LogP contribution in [-0.2, 0) is 14.3 Å². The summed E-state index contributed by atoms with van der Waals surface area (Å²) < 4.78 is 10.6. The minimum atomic E-state index is -0.297. The topological polar surface area (TPSA) is 35.5 Å². The predicted octanol–water partition coefficient (Wildman–Crippen LogP) is 1.51. The zero-order chi connectivity index (χ0) is 9.47. The molecule has 2 aliphatic rings. The Labute approximate surface area is 78.4 Å². The van der Waals surface area contributed by atoms with Gasteiger partial charge in [-0.2, -0.15) is 0 Å². The molecule has 1 aliphatic carbocycles. The molecule has 13 heavy (non-hydrogen) atoms. The van der Waals surface area contributed by atoms with Gasteiger partial charge in [0, 0.05) is 0 Å². The molecule has 2 fully saturated rings. The maximum atomic E-state index is 11.7. The van der Waals surface area contributed by atoms with E-state index in [9.17, 15) is 4.79 Å². The monoisotopic (exact) mass is 184 g/mol. The maximum Gasteiger partial charge on any atom is 0.314 e. The lowest BCUT2D eigenvalue weighted by atomic mass is 9.81. The molecule has 1 heterocycles. The Morgan fingerprint density at radius 3 is 3.08 bits per heavy atom. The van der Waals surface area contributed by atoms with Gasteiger partial charge in [0.1, 0.15) is 0 Å². The fourth-order valence-electron chi connectivity index (χ4n) is 2.83. The lowest BCUT2D eigenvalue weighted by Gasteiger charge is -2.23. The number of carbonyl (C=O) groups excluding carboxylic acids is 1. The van der Waals surface area contributed by atoms with Gasteiger partial charge < -0.3 is 9.47 Å². The Bertz CT molecular complexity index is 226. The Kier molecular flexibility index (Phi) is 2.06. The highest BCUT2D eigenvalue weighted by molar-refractivity contribution is 5.78. The average Bonchev–Trinajstić information content (AvgIpc) is 2.59. The van der Waals surface area contributed by atoms with Crippen LogP contribution in [0.15, 0.2) is 0 Å². The van der Waals surface area contributed by atoms with Crippen molar-refractivity contribution in [1.82, 2.24) is 0 Å². The molecule has 3 atom stereocenters. The molecule has 0 radical (unpaired) electrons. The highest BCUT2D eigenvalue weighted by Crippen LogP contribution is 2.50. The molecule has 0 bridgehead atoms. The van der Waals surface area contributed by atoms with Gasteiger partial charge in [0.05, 0.1) is 24.7 Å². The van der Waals surface area contributed by atoms with Crippen molar-refractivity contribution < 1.29 is 14.3 Å². The number of hydrogen-bond acceptors (Lipinski definition) is 3. The first-order valence-electron chi connectivity index (χ1n) is 4.93. The molecule has 3 nitrogen and oxygen atoms in total. The normalized spacial score (nSPS) is 43.2. The second-order valence-electron chi connectivity index (χ2n) is 4.18. The van der Waals surface area contributed by atoms with Crippen LogP contribution in [-0.4, -0.2) is 25.3 Å². The summed E-state index contributed by atoms with van der Waals surface area (Å²) in [6.07, 6.45) is 4.21. The number of fused-ring (bicyclic) bond motifs is 1. The van der Waals surface area contributed by atoms with Gasteiger partial charge in [0.15, 0.2) is 0 Å². The average molecular weight is 184 g/mol. The molecule has 0 amide bonds. The Morgan fingerprint density at radius 1 is 1.62 bits per heavy atom. The minimum Gasteiger partial charge on any atom is -0.469 e. The number of hydrogen-bond donors (Lipinski definition) is 0. The van der Waals surface area contributed by atoms with Crippen LogP contribution < -0.4 is 0 Å². The van der Waals surface area contributed by atoms with E-state index in [2.05, 4.69) is 0 Å². The molecule has 1 saturated heterocycles. The second kappa shape index (κ2) is 2.98. The Morgan fingerprint density at radius 2 is 2.38 bits per heavy atom. The largest absolute Gasteiger partial charge is 0.469 e. The van der Waals surface area contributed by atoms with Crippen molar-refractivity contribution in [2.75, 3.05) is 7.11 Å². The quantitative estimate of drug-likeness (QED) is 0.579. The smallest absolute Gasteiger partial charge is 0.314 e. The van der Waals surface area contributed by atoms with E-state index in [1.807, 2.05) is 6.92 Å². The van der Waals surface area contributed by atoms with Gasteiger partial charge in [0.25, 0.3) is 0 Å². The van der Waals surface area contributed by atoms with Crippen molar-refractivity contribution in [3.8, 4) is 0 Å². The third-order valence-corrected chi connectivity index (χ3v) is 3.35. The zero-order valence-electron chi connectivity index (χ0n) is 8.21. The van der Waals surface area contributed by atoms with Crippen molar-refractivity contribution >= 4 is 5.97 Å². The van der Waals surface area contributed by atoms with Crippen LogP contribution in [0.2, 0.25) is 0 Å². The number of esters is 1. The van der Waals surface area contributed by atoms with Crippen LogP contribution in [0.1, 0.15) is 32.6 Å².